The van der Waals surface area contributed by atoms with Crippen LogP contribution in [0.15, 0.2) is 36.7 Å². The molecule has 0 spiro atoms. The lowest BCUT2D eigenvalue weighted by molar-refractivity contribution is 0.0949. The van der Waals surface area contributed by atoms with Crippen LogP contribution >= 0.6 is 0 Å². The van der Waals surface area contributed by atoms with E-state index in [1.807, 2.05) is 38.1 Å². The van der Waals surface area contributed by atoms with Gasteiger partial charge in [-0.05, 0) is 24.1 Å². The zero-order chi connectivity index (χ0) is 18.1. The Kier molecular flexibility index (Phi) is 4.08. The van der Waals surface area contributed by atoms with Crippen LogP contribution in [0.2, 0.25) is 0 Å². The smallest absolute Gasteiger partial charge is 0.270 e. The summed E-state index contributed by atoms with van der Waals surface area (Å²) < 4.78 is 1.66. The first-order valence-corrected chi connectivity index (χ1v) is 8.54. The molecule has 0 bridgehead atoms. The molecule has 4 aromatic rings. The molecule has 0 saturated heterocycles. The fourth-order valence-corrected chi connectivity index (χ4v) is 2.87. The third-order valence-electron chi connectivity index (χ3n) is 4.19. The van der Waals surface area contributed by atoms with E-state index in [2.05, 4.69) is 30.4 Å². The molecule has 0 saturated carbocycles. The third-order valence-corrected chi connectivity index (χ3v) is 4.19. The average Bonchev–Trinajstić information content (AvgIpc) is 3.26. The van der Waals surface area contributed by atoms with Crippen molar-refractivity contribution in [2.24, 2.45) is 0 Å². The maximum absolute atomic E-state index is 12.5. The number of carbonyl (C=O) groups is 1. The molecule has 1 amide bonds. The minimum Gasteiger partial charge on any atom is -0.350 e. The number of aromatic amines is 1. The first-order valence-electron chi connectivity index (χ1n) is 8.54. The lowest BCUT2D eigenvalue weighted by atomic mass is 10.1. The predicted octanol–water partition coefficient (Wildman–Crippen LogP) is 2.10. The zero-order valence-electron chi connectivity index (χ0n) is 14.6. The Morgan fingerprint density at radius 1 is 1.27 bits per heavy atom. The number of imidazole rings is 1. The summed E-state index contributed by atoms with van der Waals surface area (Å²) in [5, 5.41) is 7.06. The molecule has 0 aliphatic heterocycles. The van der Waals surface area contributed by atoms with Gasteiger partial charge in [0, 0.05) is 13.0 Å². The van der Waals surface area contributed by atoms with E-state index in [9.17, 15) is 4.79 Å². The van der Waals surface area contributed by atoms with Gasteiger partial charge in [0.1, 0.15) is 17.8 Å². The van der Waals surface area contributed by atoms with Gasteiger partial charge in [-0.2, -0.15) is 10.1 Å². The number of rotatable bonds is 5. The Labute approximate surface area is 149 Å². The minimum atomic E-state index is -0.228. The summed E-state index contributed by atoms with van der Waals surface area (Å²) >= 11 is 0. The maximum Gasteiger partial charge on any atom is 0.270 e. The molecule has 0 unspecified atom stereocenters. The molecule has 0 fully saturated rings. The number of H-pyrrole nitrogens is 1. The monoisotopic (exact) mass is 349 g/mol. The van der Waals surface area contributed by atoms with Crippen molar-refractivity contribution in [3.8, 4) is 0 Å². The van der Waals surface area contributed by atoms with Crippen LogP contribution in [0.5, 0.6) is 0 Å². The van der Waals surface area contributed by atoms with Crippen molar-refractivity contribution in [1.29, 1.82) is 0 Å². The Bertz CT molecular complexity index is 1050. The number of aromatic nitrogens is 6. The molecular weight excluding hydrogens is 330 g/mol. The molecule has 26 heavy (non-hydrogen) atoms. The normalized spacial score (nSPS) is 11.5. The molecule has 3 aromatic heterocycles. The van der Waals surface area contributed by atoms with E-state index in [-0.39, 0.29) is 11.8 Å². The summed E-state index contributed by atoms with van der Waals surface area (Å²) in [6, 6.07) is 9.62. The Hall–Kier alpha value is -3.29. The molecule has 2 N–H and O–H groups in total. The van der Waals surface area contributed by atoms with Crippen LogP contribution in [0.25, 0.3) is 16.8 Å². The molecule has 0 aliphatic rings. The SMILES string of the molecule is CC(C)c1cc(C(=O)NCCc2nc3ccccc3[nH]2)nc2ncnn12. The molecule has 0 atom stereocenters. The van der Waals surface area contributed by atoms with Crippen molar-refractivity contribution >= 4 is 22.7 Å². The van der Waals surface area contributed by atoms with Crippen LogP contribution in [0, 0.1) is 0 Å². The van der Waals surface area contributed by atoms with E-state index in [0.29, 0.717) is 24.4 Å². The number of nitrogens with zero attached hydrogens (tertiary/aromatic N) is 5. The molecular formula is C18H19N7O. The van der Waals surface area contributed by atoms with Gasteiger partial charge in [0.25, 0.3) is 11.7 Å². The van der Waals surface area contributed by atoms with Gasteiger partial charge in [-0.15, -0.1) is 0 Å². The van der Waals surface area contributed by atoms with E-state index in [1.54, 1.807) is 10.6 Å². The van der Waals surface area contributed by atoms with Crippen molar-refractivity contribution in [3.05, 3.63) is 53.9 Å². The lowest BCUT2D eigenvalue weighted by Crippen LogP contribution is -2.27. The van der Waals surface area contributed by atoms with Crippen molar-refractivity contribution in [1.82, 2.24) is 34.9 Å². The van der Waals surface area contributed by atoms with Gasteiger partial charge < -0.3 is 10.3 Å². The standard InChI is InChI=1S/C18H19N7O/c1-11(2)15-9-14(24-18-20-10-21-25(15)18)17(26)19-8-7-16-22-12-5-3-4-6-13(12)23-16/h3-6,9-11H,7-8H2,1-2H3,(H,19,26)(H,22,23). The van der Waals surface area contributed by atoms with Crippen molar-refractivity contribution in [2.75, 3.05) is 6.54 Å². The van der Waals surface area contributed by atoms with Crippen LogP contribution in [-0.4, -0.2) is 42.0 Å². The number of nitrogens with one attached hydrogen (secondary N) is 2. The summed E-state index contributed by atoms with van der Waals surface area (Å²) in [4.78, 5) is 28.6. The Balaban J connectivity index is 1.47. The average molecular weight is 349 g/mol. The highest BCUT2D eigenvalue weighted by molar-refractivity contribution is 5.92. The Morgan fingerprint density at radius 3 is 2.92 bits per heavy atom. The molecule has 8 heteroatoms. The second kappa shape index (κ2) is 6.55. The molecule has 0 aliphatic carbocycles. The molecule has 0 radical (unpaired) electrons. The quantitative estimate of drug-likeness (QED) is 0.574. The first kappa shape index (κ1) is 16.2. The van der Waals surface area contributed by atoms with Gasteiger partial charge in [0.05, 0.1) is 16.7 Å². The number of hydrogen-bond donors (Lipinski definition) is 2. The molecule has 132 valence electrons. The van der Waals surface area contributed by atoms with Gasteiger partial charge in [-0.3, -0.25) is 4.79 Å². The van der Waals surface area contributed by atoms with Crippen LogP contribution in [0.4, 0.5) is 0 Å². The topological polar surface area (TPSA) is 101 Å². The number of hydrogen-bond acceptors (Lipinski definition) is 5. The summed E-state index contributed by atoms with van der Waals surface area (Å²) in [6.45, 7) is 4.55. The van der Waals surface area contributed by atoms with Crippen LogP contribution in [0.3, 0.4) is 0 Å². The van der Waals surface area contributed by atoms with Crippen molar-refractivity contribution < 1.29 is 4.79 Å². The second-order valence-electron chi connectivity index (χ2n) is 6.40. The maximum atomic E-state index is 12.5. The minimum absolute atomic E-state index is 0.198. The second-order valence-corrected chi connectivity index (χ2v) is 6.40. The van der Waals surface area contributed by atoms with Crippen LogP contribution in [-0.2, 0) is 6.42 Å². The largest absolute Gasteiger partial charge is 0.350 e. The number of fused-ring (bicyclic) bond motifs is 2. The first-order chi connectivity index (χ1) is 12.6. The highest BCUT2D eigenvalue weighted by Crippen LogP contribution is 2.15. The van der Waals surface area contributed by atoms with E-state index in [0.717, 1.165) is 22.6 Å². The fourth-order valence-electron chi connectivity index (χ4n) is 2.87. The number of carbonyl (C=O) groups excluding carboxylic acids is 1. The van der Waals surface area contributed by atoms with Gasteiger partial charge >= 0.3 is 0 Å². The van der Waals surface area contributed by atoms with E-state index >= 15 is 0 Å². The third kappa shape index (κ3) is 3.01. The van der Waals surface area contributed by atoms with Gasteiger partial charge in [0.15, 0.2) is 0 Å². The molecule has 8 nitrogen and oxygen atoms in total. The van der Waals surface area contributed by atoms with Crippen molar-refractivity contribution in [2.45, 2.75) is 26.2 Å². The number of para-hydroxylation sites is 2. The number of amides is 1. The summed E-state index contributed by atoms with van der Waals surface area (Å²) in [5.41, 5.74) is 3.16. The van der Waals surface area contributed by atoms with Gasteiger partial charge in [0.2, 0.25) is 0 Å². The molecule has 3 heterocycles. The Morgan fingerprint density at radius 2 is 2.12 bits per heavy atom. The van der Waals surface area contributed by atoms with Gasteiger partial charge in [-0.1, -0.05) is 26.0 Å². The molecule has 1 aromatic carbocycles. The van der Waals surface area contributed by atoms with Gasteiger partial charge in [-0.25, -0.2) is 14.5 Å². The summed E-state index contributed by atoms with van der Waals surface area (Å²) in [5.74, 6) is 1.24. The van der Waals surface area contributed by atoms with E-state index in [1.165, 1.54) is 6.33 Å². The molecule has 4 rings (SSSR count). The fraction of sp³-hybridized carbons (Fsp3) is 0.278. The predicted molar refractivity (Wildman–Crippen MR) is 97.0 cm³/mol. The van der Waals surface area contributed by atoms with Crippen molar-refractivity contribution in [3.63, 3.8) is 0 Å². The number of benzene rings is 1. The van der Waals surface area contributed by atoms with E-state index < -0.39 is 0 Å². The lowest BCUT2D eigenvalue weighted by Gasteiger charge is -2.10. The van der Waals surface area contributed by atoms with E-state index in [4.69, 9.17) is 0 Å². The zero-order valence-corrected chi connectivity index (χ0v) is 14.6. The van der Waals surface area contributed by atoms with Crippen LogP contribution in [0.1, 0.15) is 41.8 Å². The van der Waals surface area contributed by atoms with Crippen LogP contribution < -0.4 is 5.32 Å². The highest BCUT2D eigenvalue weighted by atomic mass is 16.1. The summed E-state index contributed by atoms with van der Waals surface area (Å²) in [7, 11) is 0. The highest BCUT2D eigenvalue weighted by Gasteiger charge is 2.15. The summed E-state index contributed by atoms with van der Waals surface area (Å²) in [6.07, 6.45) is 2.06.